The number of sulfone groups is 1. The second kappa shape index (κ2) is 4.38. The van der Waals surface area contributed by atoms with Crippen molar-refractivity contribution in [1.29, 1.82) is 0 Å². The van der Waals surface area contributed by atoms with Gasteiger partial charge in [-0.15, -0.1) is 0 Å². The molecule has 0 spiro atoms. The van der Waals surface area contributed by atoms with Gasteiger partial charge in [-0.1, -0.05) is 30.3 Å². The largest absolute Gasteiger partial charge is 0.384 e. The summed E-state index contributed by atoms with van der Waals surface area (Å²) in [7, 11) is -2.93. The molecule has 1 fully saturated rings. The molecular formula is C13H15N3O2S. The summed E-state index contributed by atoms with van der Waals surface area (Å²) in [6.45, 7) is 0. The summed E-state index contributed by atoms with van der Waals surface area (Å²) in [5.41, 5.74) is 7.71. The lowest BCUT2D eigenvalue weighted by molar-refractivity contribution is 0.508. The predicted molar refractivity (Wildman–Crippen MR) is 74.4 cm³/mol. The van der Waals surface area contributed by atoms with Crippen molar-refractivity contribution in [3.05, 3.63) is 36.4 Å². The van der Waals surface area contributed by atoms with E-state index >= 15 is 0 Å². The number of rotatable bonds is 2. The van der Waals surface area contributed by atoms with Gasteiger partial charge in [0.05, 0.1) is 23.2 Å². The number of anilines is 1. The fourth-order valence-electron chi connectivity index (χ4n) is 2.42. The van der Waals surface area contributed by atoms with E-state index in [1.165, 1.54) is 0 Å². The van der Waals surface area contributed by atoms with Crippen LogP contribution in [0.25, 0.3) is 11.3 Å². The lowest BCUT2D eigenvalue weighted by atomic mass is 10.2. The molecule has 0 aliphatic carbocycles. The van der Waals surface area contributed by atoms with Crippen LogP contribution in [0.4, 0.5) is 5.82 Å². The minimum atomic E-state index is -2.93. The maximum Gasteiger partial charge on any atom is 0.152 e. The summed E-state index contributed by atoms with van der Waals surface area (Å²) >= 11 is 0. The third-order valence-corrected chi connectivity index (χ3v) is 5.14. The Balaban J connectivity index is 1.95. The maximum absolute atomic E-state index is 11.5. The van der Waals surface area contributed by atoms with Crippen LogP contribution in [0.5, 0.6) is 0 Å². The predicted octanol–water partition coefficient (Wildman–Crippen LogP) is 1.49. The molecule has 100 valence electrons. The molecule has 19 heavy (non-hydrogen) atoms. The molecule has 1 saturated heterocycles. The van der Waals surface area contributed by atoms with E-state index in [1.54, 1.807) is 10.7 Å². The zero-order valence-corrected chi connectivity index (χ0v) is 11.2. The second-order valence-electron chi connectivity index (χ2n) is 4.82. The number of aromatic nitrogens is 2. The fraction of sp³-hybridized carbons (Fsp3) is 0.308. The van der Waals surface area contributed by atoms with Crippen molar-refractivity contribution in [1.82, 2.24) is 9.78 Å². The quantitative estimate of drug-likeness (QED) is 0.902. The minimum absolute atomic E-state index is 0.132. The Bertz CT molecular complexity index is 692. The molecule has 2 aromatic rings. The summed E-state index contributed by atoms with van der Waals surface area (Å²) < 4.78 is 24.7. The topological polar surface area (TPSA) is 78.0 Å². The van der Waals surface area contributed by atoms with E-state index in [4.69, 9.17) is 5.73 Å². The fourth-order valence-corrected chi connectivity index (χ4v) is 4.11. The van der Waals surface area contributed by atoms with Crippen molar-refractivity contribution < 1.29 is 8.42 Å². The van der Waals surface area contributed by atoms with Gasteiger partial charge < -0.3 is 5.73 Å². The van der Waals surface area contributed by atoms with Gasteiger partial charge in [0.15, 0.2) is 9.84 Å². The lowest BCUT2D eigenvalue weighted by Gasteiger charge is -2.09. The monoisotopic (exact) mass is 277 g/mol. The van der Waals surface area contributed by atoms with Gasteiger partial charge in [0.2, 0.25) is 0 Å². The average molecular weight is 277 g/mol. The van der Waals surface area contributed by atoms with Crippen molar-refractivity contribution >= 4 is 15.7 Å². The molecule has 1 aliphatic rings. The highest BCUT2D eigenvalue weighted by Crippen LogP contribution is 2.28. The van der Waals surface area contributed by atoms with Crippen LogP contribution in [0.3, 0.4) is 0 Å². The number of nitrogens with zero attached hydrogens (tertiary/aromatic N) is 2. The van der Waals surface area contributed by atoms with Crippen molar-refractivity contribution in [2.24, 2.45) is 0 Å². The Morgan fingerprint density at radius 3 is 2.63 bits per heavy atom. The first kappa shape index (κ1) is 12.2. The van der Waals surface area contributed by atoms with E-state index in [-0.39, 0.29) is 17.5 Å². The molecule has 0 unspecified atom stereocenters. The molecule has 1 aliphatic heterocycles. The first-order valence-electron chi connectivity index (χ1n) is 6.16. The zero-order chi connectivity index (χ0) is 13.5. The van der Waals surface area contributed by atoms with Crippen LogP contribution < -0.4 is 5.73 Å². The molecule has 0 amide bonds. The summed E-state index contributed by atoms with van der Waals surface area (Å²) in [4.78, 5) is 0. The Kier molecular flexibility index (Phi) is 2.82. The Labute approximate surface area is 112 Å². The summed E-state index contributed by atoms with van der Waals surface area (Å²) in [5, 5.41) is 4.45. The van der Waals surface area contributed by atoms with Crippen LogP contribution in [0, 0.1) is 0 Å². The first-order valence-corrected chi connectivity index (χ1v) is 7.98. The molecule has 5 nitrogen and oxygen atoms in total. The molecule has 0 radical (unpaired) electrons. The van der Waals surface area contributed by atoms with Gasteiger partial charge in [0.1, 0.15) is 5.82 Å². The maximum atomic E-state index is 11.5. The van der Waals surface area contributed by atoms with Crippen molar-refractivity contribution in [2.45, 2.75) is 12.5 Å². The summed E-state index contributed by atoms with van der Waals surface area (Å²) in [6.07, 6.45) is 0.586. The third kappa shape index (κ3) is 2.35. The molecule has 1 aromatic carbocycles. The highest BCUT2D eigenvalue weighted by molar-refractivity contribution is 7.91. The minimum Gasteiger partial charge on any atom is -0.384 e. The van der Waals surface area contributed by atoms with Crippen LogP contribution >= 0.6 is 0 Å². The Morgan fingerprint density at radius 1 is 1.26 bits per heavy atom. The number of nitrogens with two attached hydrogens (primary N) is 1. The molecular weight excluding hydrogens is 262 g/mol. The summed E-state index contributed by atoms with van der Waals surface area (Å²) in [5.74, 6) is 0.867. The number of hydrogen-bond acceptors (Lipinski definition) is 4. The standard InChI is InChI=1S/C13H15N3O2S/c14-13-8-12(10-4-2-1-3-5-10)15-16(13)11-6-7-19(17,18)9-11/h1-5,8,11H,6-7,9,14H2/t11-/m1/s1. The van der Waals surface area contributed by atoms with Crippen molar-refractivity contribution in [3.8, 4) is 11.3 Å². The molecule has 2 heterocycles. The van der Waals surface area contributed by atoms with Gasteiger partial charge in [-0.25, -0.2) is 13.1 Å². The van der Waals surface area contributed by atoms with Crippen LogP contribution in [0.15, 0.2) is 36.4 Å². The van der Waals surface area contributed by atoms with Crippen molar-refractivity contribution in [2.75, 3.05) is 17.2 Å². The third-order valence-electron chi connectivity index (χ3n) is 3.39. The Morgan fingerprint density at radius 2 is 2.00 bits per heavy atom. The van der Waals surface area contributed by atoms with E-state index in [9.17, 15) is 8.42 Å². The van der Waals surface area contributed by atoms with E-state index in [0.717, 1.165) is 11.3 Å². The van der Waals surface area contributed by atoms with Gasteiger partial charge in [-0.3, -0.25) is 0 Å². The number of nitrogen functional groups attached to an aromatic ring is 1. The highest BCUT2D eigenvalue weighted by Gasteiger charge is 2.30. The molecule has 0 saturated carbocycles. The lowest BCUT2D eigenvalue weighted by Crippen LogP contribution is -2.14. The molecule has 1 atom stereocenters. The first-order chi connectivity index (χ1) is 9.05. The normalized spacial score (nSPS) is 21.6. The molecule has 0 bridgehead atoms. The number of benzene rings is 1. The van der Waals surface area contributed by atoms with Gasteiger partial charge in [-0.05, 0) is 6.42 Å². The molecule has 6 heteroatoms. The van der Waals surface area contributed by atoms with E-state index in [1.807, 2.05) is 30.3 Å². The number of hydrogen-bond donors (Lipinski definition) is 1. The van der Waals surface area contributed by atoms with Crippen molar-refractivity contribution in [3.63, 3.8) is 0 Å². The molecule has 2 N–H and O–H groups in total. The van der Waals surface area contributed by atoms with Gasteiger partial charge >= 0.3 is 0 Å². The van der Waals surface area contributed by atoms with Crippen LogP contribution in [-0.4, -0.2) is 29.7 Å². The second-order valence-corrected chi connectivity index (χ2v) is 7.05. The van der Waals surface area contributed by atoms with E-state index in [0.29, 0.717) is 12.2 Å². The molecule has 1 aromatic heterocycles. The van der Waals surface area contributed by atoms with E-state index < -0.39 is 9.84 Å². The van der Waals surface area contributed by atoms with Crippen LogP contribution in [-0.2, 0) is 9.84 Å². The van der Waals surface area contributed by atoms with Gasteiger partial charge in [0.25, 0.3) is 0 Å². The van der Waals surface area contributed by atoms with Gasteiger partial charge in [-0.2, -0.15) is 5.10 Å². The van der Waals surface area contributed by atoms with E-state index in [2.05, 4.69) is 5.10 Å². The zero-order valence-electron chi connectivity index (χ0n) is 10.4. The van der Waals surface area contributed by atoms with Crippen LogP contribution in [0.1, 0.15) is 12.5 Å². The SMILES string of the molecule is Nc1cc(-c2ccccc2)nn1[C@@H]1CCS(=O)(=O)C1. The Hall–Kier alpha value is -1.82. The highest BCUT2D eigenvalue weighted by atomic mass is 32.2. The smallest absolute Gasteiger partial charge is 0.152 e. The molecule has 3 rings (SSSR count). The average Bonchev–Trinajstić information content (AvgIpc) is 2.93. The van der Waals surface area contributed by atoms with Gasteiger partial charge in [0, 0.05) is 11.6 Å². The summed E-state index contributed by atoms with van der Waals surface area (Å²) in [6, 6.07) is 11.4. The van der Waals surface area contributed by atoms with Crippen LogP contribution in [0.2, 0.25) is 0 Å².